The van der Waals surface area contributed by atoms with Crippen LogP contribution in [0.5, 0.6) is 0 Å². The quantitative estimate of drug-likeness (QED) is 0.766. The Morgan fingerprint density at radius 3 is 2.68 bits per heavy atom. The zero-order valence-corrected chi connectivity index (χ0v) is 16.4. The van der Waals surface area contributed by atoms with Crippen molar-refractivity contribution in [2.75, 3.05) is 36.4 Å². The van der Waals surface area contributed by atoms with Gasteiger partial charge in [0.25, 0.3) is 0 Å². The first-order valence-electron chi connectivity index (χ1n) is 10.6. The summed E-state index contributed by atoms with van der Waals surface area (Å²) in [6.45, 7) is 5.20. The van der Waals surface area contributed by atoms with E-state index in [1.165, 1.54) is 37.2 Å². The van der Waals surface area contributed by atoms with Crippen molar-refractivity contribution in [3.05, 3.63) is 54.1 Å². The molecule has 5 rings (SSSR count). The summed E-state index contributed by atoms with van der Waals surface area (Å²) < 4.78 is 0. The van der Waals surface area contributed by atoms with Gasteiger partial charge in [-0.3, -0.25) is 0 Å². The molecule has 3 heterocycles. The van der Waals surface area contributed by atoms with Crippen molar-refractivity contribution >= 4 is 22.9 Å². The van der Waals surface area contributed by atoms with Crippen LogP contribution in [0.15, 0.2) is 53.5 Å². The molecule has 3 aliphatic rings. The van der Waals surface area contributed by atoms with E-state index >= 15 is 0 Å². The predicted octanol–water partition coefficient (Wildman–Crippen LogP) is 3.65. The third-order valence-corrected chi connectivity index (χ3v) is 6.26. The molecular formula is C23H29N5. The van der Waals surface area contributed by atoms with Crippen molar-refractivity contribution in [2.45, 2.75) is 37.8 Å². The highest BCUT2D eigenvalue weighted by molar-refractivity contribution is 6.00. The van der Waals surface area contributed by atoms with E-state index in [9.17, 15) is 0 Å². The predicted molar refractivity (Wildman–Crippen MR) is 117 cm³/mol. The largest absolute Gasteiger partial charge is 0.372 e. The van der Waals surface area contributed by atoms with Crippen LogP contribution in [0.25, 0.3) is 0 Å². The van der Waals surface area contributed by atoms with Gasteiger partial charge >= 0.3 is 0 Å². The van der Waals surface area contributed by atoms with Gasteiger partial charge in [-0.25, -0.2) is 4.99 Å². The molecule has 0 atom stereocenters. The summed E-state index contributed by atoms with van der Waals surface area (Å²) in [5.74, 6) is 1.08. The fourth-order valence-corrected chi connectivity index (χ4v) is 4.67. The molecule has 0 bridgehead atoms. The van der Waals surface area contributed by atoms with Crippen LogP contribution in [0, 0.1) is 0 Å². The van der Waals surface area contributed by atoms with E-state index in [0.717, 1.165) is 49.7 Å². The maximum atomic E-state index is 5.04. The van der Waals surface area contributed by atoms with Crippen LogP contribution in [-0.4, -0.2) is 37.6 Å². The average molecular weight is 376 g/mol. The smallest absolute Gasteiger partial charge is 0.128 e. The Hall–Kier alpha value is -2.53. The summed E-state index contributed by atoms with van der Waals surface area (Å²) >= 11 is 0. The first kappa shape index (κ1) is 17.6. The topological polar surface area (TPSA) is 51.7 Å². The number of fused-ring (bicyclic) bond motifs is 1. The van der Waals surface area contributed by atoms with Gasteiger partial charge in [-0.1, -0.05) is 24.3 Å². The van der Waals surface area contributed by atoms with Gasteiger partial charge in [0, 0.05) is 25.3 Å². The first-order chi connectivity index (χ1) is 13.8. The Morgan fingerprint density at radius 1 is 1.00 bits per heavy atom. The number of nitrogens with zero attached hydrogens (tertiary/aromatic N) is 2. The lowest BCUT2D eigenvalue weighted by atomic mass is 9.85. The fourth-order valence-electron chi connectivity index (χ4n) is 4.67. The Kier molecular flexibility index (Phi) is 4.69. The maximum Gasteiger partial charge on any atom is 0.128 e. The molecule has 0 amide bonds. The molecule has 0 aliphatic carbocycles. The molecule has 0 saturated carbocycles. The van der Waals surface area contributed by atoms with E-state index in [2.05, 4.69) is 69.4 Å². The number of anilines is 2. The molecule has 146 valence electrons. The fraction of sp³-hybridized carbons (Fsp3) is 0.435. The molecule has 5 nitrogen and oxygen atoms in total. The molecule has 0 radical (unpaired) electrons. The van der Waals surface area contributed by atoms with Gasteiger partial charge in [-0.15, -0.1) is 0 Å². The van der Waals surface area contributed by atoms with Crippen LogP contribution in [0.2, 0.25) is 0 Å². The first-order valence-corrected chi connectivity index (χ1v) is 10.6. The van der Waals surface area contributed by atoms with E-state index in [1.54, 1.807) is 0 Å². The minimum atomic E-state index is -0.0911. The molecule has 3 N–H and O–H groups in total. The molecule has 1 spiro atoms. The third kappa shape index (κ3) is 3.35. The highest BCUT2D eigenvalue weighted by atomic mass is 15.2. The molecule has 2 saturated heterocycles. The zero-order chi connectivity index (χ0) is 18.8. The lowest BCUT2D eigenvalue weighted by Crippen LogP contribution is -2.58. The average Bonchev–Trinajstić information content (AvgIpc) is 3.28. The van der Waals surface area contributed by atoms with Crippen molar-refractivity contribution in [1.82, 2.24) is 10.6 Å². The number of para-hydroxylation sites is 2. The standard InChI is InChI=1S/C23H29N5/c1-2-9-21-20(8-1)26-22(23(27-21)10-12-24-13-11-23)25-17-18-6-5-7-19(16-18)28-14-3-4-15-28/h1-2,5-9,16,24,27H,3-4,10-15,17H2,(H,25,26). The Labute approximate surface area is 167 Å². The minimum Gasteiger partial charge on any atom is -0.372 e. The molecular weight excluding hydrogens is 346 g/mol. The minimum absolute atomic E-state index is 0.0911. The Morgan fingerprint density at radius 2 is 1.82 bits per heavy atom. The number of hydrogen-bond donors (Lipinski definition) is 3. The number of hydrogen-bond acceptors (Lipinski definition) is 5. The second kappa shape index (κ2) is 7.47. The number of amidine groups is 1. The van der Waals surface area contributed by atoms with Gasteiger partial charge in [-0.05, 0) is 68.6 Å². The normalized spacial score (nSPS) is 20.4. The van der Waals surface area contributed by atoms with Crippen molar-refractivity contribution in [1.29, 1.82) is 0 Å². The highest BCUT2D eigenvalue weighted by Gasteiger charge is 2.40. The Balaban J connectivity index is 1.38. The number of rotatable bonds is 3. The summed E-state index contributed by atoms with van der Waals surface area (Å²) in [5.41, 5.74) is 4.75. The third-order valence-electron chi connectivity index (χ3n) is 6.26. The second-order valence-electron chi connectivity index (χ2n) is 8.15. The van der Waals surface area contributed by atoms with Crippen molar-refractivity contribution in [3.63, 3.8) is 0 Å². The van der Waals surface area contributed by atoms with Crippen LogP contribution in [-0.2, 0) is 6.54 Å². The molecule has 28 heavy (non-hydrogen) atoms. The summed E-state index contributed by atoms with van der Waals surface area (Å²) in [7, 11) is 0. The van der Waals surface area contributed by atoms with E-state index in [1.807, 2.05) is 0 Å². The van der Waals surface area contributed by atoms with Gasteiger partial charge in [0.15, 0.2) is 0 Å². The van der Waals surface area contributed by atoms with Gasteiger partial charge < -0.3 is 20.9 Å². The van der Waals surface area contributed by atoms with Crippen LogP contribution in [0.3, 0.4) is 0 Å². The SMILES string of the molecule is c1cc(CNC2=Nc3ccccc3NC23CCNCC3)cc(N2CCCC2)c1. The number of piperidine rings is 1. The molecule has 3 aliphatic heterocycles. The van der Waals surface area contributed by atoms with Crippen LogP contribution < -0.4 is 20.9 Å². The van der Waals surface area contributed by atoms with E-state index in [0.29, 0.717) is 0 Å². The van der Waals surface area contributed by atoms with Crippen molar-refractivity contribution in [2.24, 2.45) is 4.99 Å². The maximum absolute atomic E-state index is 5.04. The van der Waals surface area contributed by atoms with Gasteiger partial charge in [0.2, 0.25) is 0 Å². The van der Waals surface area contributed by atoms with Crippen LogP contribution in [0.4, 0.5) is 17.1 Å². The van der Waals surface area contributed by atoms with Crippen LogP contribution >= 0.6 is 0 Å². The molecule has 2 fully saturated rings. The highest BCUT2D eigenvalue weighted by Crippen LogP contribution is 2.36. The van der Waals surface area contributed by atoms with Gasteiger partial charge in [0.1, 0.15) is 5.84 Å². The number of benzene rings is 2. The molecule has 2 aromatic rings. The molecule has 0 aromatic heterocycles. The summed E-state index contributed by atoms with van der Waals surface area (Å²) in [5, 5.41) is 11.0. The molecule has 0 unspecified atom stereocenters. The number of nitrogens with one attached hydrogen (secondary N) is 3. The van der Waals surface area contributed by atoms with Crippen molar-refractivity contribution in [3.8, 4) is 0 Å². The monoisotopic (exact) mass is 375 g/mol. The lowest BCUT2D eigenvalue weighted by molar-refractivity contribution is 0.412. The Bertz CT molecular complexity index is 863. The van der Waals surface area contributed by atoms with Gasteiger partial charge in [-0.2, -0.15) is 0 Å². The molecule has 5 heteroatoms. The van der Waals surface area contributed by atoms with E-state index in [-0.39, 0.29) is 5.54 Å². The van der Waals surface area contributed by atoms with E-state index < -0.39 is 0 Å². The second-order valence-corrected chi connectivity index (χ2v) is 8.15. The number of aliphatic imine (C=N–C) groups is 1. The van der Waals surface area contributed by atoms with Gasteiger partial charge in [0.05, 0.1) is 16.9 Å². The summed E-state index contributed by atoms with van der Waals surface area (Å²) in [6, 6.07) is 17.3. The lowest BCUT2D eigenvalue weighted by Gasteiger charge is -2.43. The zero-order valence-electron chi connectivity index (χ0n) is 16.4. The summed E-state index contributed by atoms with van der Waals surface area (Å²) in [4.78, 5) is 7.54. The van der Waals surface area contributed by atoms with Crippen molar-refractivity contribution < 1.29 is 0 Å². The summed E-state index contributed by atoms with van der Waals surface area (Å²) in [6.07, 6.45) is 4.70. The van der Waals surface area contributed by atoms with E-state index in [4.69, 9.17) is 4.99 Å². The molecule has 2 aromatic carbocycles. The van der Waals surface area contributed by atoms with Crippen LogP contribution in [0.1, 0.15) is 31.2 Å².